The summed E-state index contributed by atoms with van der Waals surface area (Å²) >= 11 is 0. The Labute approximate surface area is 122 Å². The van der Waals surface area contributed by atoms with Crippen molar-refractivity contribution in [3.8, 4) is 0 Å². The molecule has 0 aliphatic carbocycles. The molecule has 0 saturated heterocycles. The van der Waals surface area contributed by atoms with Crippen molar-refractivity contribution in [1.82, 2.24) is 15.0 Å². The van der Waals surface area contributed by atoms with E-state index in [9.17, 15) is 0 Å². The molecule has 0 saturated carbocycles. The normalized spacial score (nSPS) is 10.3. The van der Waals surface area contributed by atoms with Gasteiger partial charge in [-0.15, -0.1) is 0 Å². The fourth-order valence-corrected chi connectivity index (χ4v) is 1.81. The van der Waals surface area contributed by atoms with Gasteiger partial charge in [0.25, 0.3) is 0 Å². The van der Waals surface area contributed by atoms with Gasteiger partial charge in [-0.05, 0) is 35.9 Å². The van der Waals surface area contributed by atoms with E-state index in [1.54, 1.807) is 24.9 Å². The second kappa shape index (κ2) is 6.51. The summed E-state index contributed by atoms with van der Waals surface area (Å²) in [5.41, 5.74) is 1.13. The third-order valence-corrected chi connectivity index (χ3v) is 2.88. The molecular weight excluding hydrogens is 266 g/mol. The first-order chi connectivity index (χ1) is 10.4. The topological polar surface area (TPSA) is 75.9 Å². The van der Waals surface area contributed by atoms with E-state index in [1.807, 2.05) is 30.3 Å². The highest BCUT2D eigenvalue weighted by Crippen LogP contribution is 2.09. The minimum atomic E-state index is 0.580. The van der Waals surface area contributed by atoms with Crippen LogP contribution in [0, 0.1) is 0 Å². The van der Waals surface area contributed by atoms with E-state index in [0.29, 0.717) is 19.0 Å². The molecule has 3 aromatic heterocycles. The first kappa shape index (κ1) is 13.1. The predicted molar refractivity (Wildman–Crippen MR) is 79.6 cm³/mol. The van der Waals surface area contributed by atoms with E-state index in [4.69, 9.17) is 4.42 Å². The van der Waals surface area contributed by atoms with Crippen LogP contribution < -0.4 is 10.6 Å². The number of pyridine rings is 1. The van der Waals surface area contributed by atoms with Gasteiger partial charge in [-0.2, -0.15) is 4.98 Å². The smallest absolute Gasteiger partial charge is 0.224 e. The molecule has 6 heteroatoms. The third kappa shape index (κ3) is 3.79. The molecule has 3 aromatic rings. The molecular formula is C15H15N5O. The van der Waals surface area contributed by atoms with Crippen LogP contribution in [0.4, 0.5) is 11.8 Å². The molecule has 0 aliphatic heterocycles. The van der Waals surface area contributed by atoms with Gasteiger partial charge in [0.2, 0.25) is 5.95 Å². The molecule has 3 heterocycles. The van der Waals surface area contributed by atoms with Crippen LogP contribution in [0.1, 0.15) is 11.3 Å². The summed E-state index contributed by atoms with van der Waals surface area (Å²) in [6.07, 6.45) is 6.89. The summed E-state index contributed by atoms with van der Waals surface area (Å²) in [4.78, 5) is 12.6. The molecule has 0 spiro atoms. The van der Waals surface area contributed by atoms with Crippen molar-refractivity contribution in [3.05, 3.63) is 66.5 Å². The summed E-state index contributed by atoms with van der Waals surface area (Å²) in [5.74, 6) is 2.19. The van der Waals surface area contributed by atoms with Gasteiger partial charge in [-0.1, -0.05) is 0 Å². The van der Waals surface area contributed by atoms with E-state index in [0.717, 1.165) is 17.1 Å². The summed E-state index contributed by atoms with van der Waals surface area (Å²) in [6.45, 7) is 1.25. The van der Waals surface area contributed by atoms with Crippen molar-refractivity contribution >= 4 is 11.8 Å². The summed E-state index contributed by atoms with van der Waals surface area (Å²) < 4.78 is 5.26. The summed E-state index contributed by atoms with van der Waals surface area (Å²) in [6, 6.07) is 9.49. The summed E-state index contributed by atoms with van der Waals surface area (Å²) in [7, 11) is 0. The van der Waals surface area contributed by atoms with Gasteiger partial charge in [-0.25, -0.2) is 4.98 Å². The monoisotopic (exact) mass is 281 g/mol. The minimum Gasteiger partial charge on any atom is -0.467 e. The average Bonchev–Trinajstić information content (AvgIpc) is 3.06. The predicted octanol–water partition coefficient (Wildman–Crippen LogP) is 2.69. The summed E-state index contributed by atoms with van der Waals surface area (Å²) in [5, 5.41) is 6.37. The molecule has 0 amide bonds. The number of hydrogen-bond donors (Lipinski definition) is 2. The van der Waals surface area contributed by atoms with Crippen molar-refractivity contribution in [2.75, 3.05) is 10.6 Å². The molecule has 0 radical (unpaired) electrons. The molecule has 3 rings (SSSR count). The first-order valence-electron chi connectivity index (χ1n) is 6.62. The SMILES string of the molecule is c1coc(CNc2ccnc(NCc3ccncc3)n2)c1. The van der Waals surface area contributed by atoms with Gasteiger partial charge < -0.3 is 15.1 Å². The zero-order valence-electron chi connectivity index (χ0n) is 11.4. The maximum absolute atomic E-state index is 5.26. The standard InChI is InChI=1S/C15H15N5O/c1-2-13(21-9-1)11-18-14-5-8-17-15(20-14)19-10-12-3-6-16-7-4-12/h1-9H,10-11H2,(H2,17,18,19,20). The number of rotatable bonds is 6. The molecule has 21 heavy (non-hydrogen) atoms. The van der Waals surface area contributed by atoms with Crippen molar-refractivity contribution in [1.29, 1.82) is 0 Å². The Morgan fingerprint density at radius 2 is 1.86 bits per heavy atom. The van der Waals surface area contributed by atoms with Gasteiger partial charge in [0.15, 0.2) is 0 Å². The number of hydrogen-bond acceptors (Lipinski definition) is 6. The zero-order valence-corrected chi connectivity index (χ0v) is 11.4. The van der Waals surface area contributed by atoms with Crippen molar-refractivity contribution in [3.63, 3.8) is 0 Å². The fourth-order valence-electron chi connectivity index (χ4n) is 1.81. The van der Waals surface area contributed by atoms with Crippen LogP contribution in [0.3, 0.4) is 0 Å². The lowest BCUT2D eigenvalue weighted by Crippen LogP contribution is -2.06. The molecule has 0 aliphatic rings. The minimum absolute atomic E-state index is 0.580. The van der Waals surface area contributed by atoms with Crippen LogP contribution in [0.2, 0.25) is 0 Å². The van der Waals surface area contributed by atoms with E-state index in [-0.39, 0.29) is 0 Å². The Bertz CT molecular complexity index is 670. The van der Waals surface area contributed by atoms with E-state index in [2.05, 4.69) is 25.6 Å². The van der Waals surface area contributed by atoms with Crippen LogP contribution in [0.15, 0.2) is 59.6 Å². The molecule has 0 unspecified atom stereocenters. The maximum atomic E-state index is 5.26. The molecule has 106 valence electrons. The lowest BCUT2D eigenvalue weighted by atomic mass is 10.3. The first-order valence-corrected chi connectivity index (χ1v) is 6.62. The van der Waals surface area contributed by atoms with Gasteiger partial charge in [-0.3, -0.25) is 4.98 Å². The highest BCUT2D eigenvalue weighted by molar-refractivity contribution is 5.40. The van der Waals surface area contributed by atoms with E-state index in [1.165, 1.54) is 0 Å². The molecule has 0 aromatic carbocycles. The number of nitrogens with one attached hydrogen (secondary N) is 2. The molecule has 0 atom stereocenters. The second-order valence-corrected chi connectivity index (χ2v) is 4.41. The molecule has 0 fully saturated rings. The molecule has 2 N–H and O–H groups in total. The highest BCUT2D eigenvalue weighted by atomic mass is 16.3. The molecule has 0 bridgehead atoms. The van der Waals surface area contributed by atoms with E-state index < -0.39 is 0 Å². The van der Waals surface area contributed by atoms with Crippen LogP contribution >= 0.6 is 0 Å². The van der Waals surface area contributed by atoms with Crippen LogP contribution in [0.25, 0.3) is 0 Å². The van der Waals surface area contributed by atoms with Crippen molar-refractivity contribution < 1.29 is 4.42 Å². The number of furan rings is 1. The Morgan fingerprint density at radius 3 is 2.67 bits per heavy atom. The van der Waals surface area contributed by atoms with Gasteiger partial charge in [0.05, 0.1) is 12.8 Å². The maximum Gasteiger partial charge on any atom is 0.224 e. The fraction of sp³-hybridized carbons (Fsp3) is 0.133. The Morgan fingerprint density at radius 1 is 0.952 bits per heavy atom. The quantitative estimate of drug-likeness (QED) is 0.723. The van der Waals surface area contributed by atoms with Gasteiger partial charge in [0, 0.05) is 25.1 Å². The lowest BCUT2D eigenvalue weighted by molar-refractivity contribution is 0.518. The number of anilines is 2. The Hall–Kier alpha value is -2.89. The zero-order chi connectivity index (χ0) is 14.3. The number of nitrogens with zero attached hydrogens (tertiary/aromatic N) is 3. The number of aromatic nitrogens is 3. The Balaban J connectivity index is 1.58. The Kier molecular flexibility index (Phi) is 4.07. The molecule has 6 nitrogen and oxygen atoms in total. The van der Waals surface area contributed by atoms with E-state index >= 15 is 0 Å². The average molecular weight is 281 g/mol. The second-order valence-electron chi connectivity index (χ2n) is 4.41. The van der Waals surface area contributed by atoms with Gasteiger partial charge in [0.1, 0.15) is 11.6 Å². The van der Waals surface area contributed by atoms with Crippen LogP contribution in [0.5, 0.6) is 0 Å². The van der Waals surface area contributed by atoms with Crippen molar-refractivity contribution in [2.45, 2.75) is 13.1 Å². The lowest BCUT2D eigenvalue weighted by Gasteiger charge is -2.07. The van der Waals surface area contributed by atoms with Crippen molar-refractivity contribution in [2.24, 2.45) is 0 Å². The highest BCUT2D eigenvalue weighted by Gasteiger charge is 2.01. The van der Waals surface area contributed by atoms with Gasteiger partial charge >= 0.3 is 0 Å². The van der Waals surface area contributed by atoms with Crippen LogP contribution in [-0.4, -0.2) is 15.0 Å². The van der Waals surface area contributed by atoms with Crippen LogP contribution in [-0.2, 0) is 13.1 Å². The largest absolute Gasteiger partial charge is 0.467 e. The third-order valence-electron chi connectivity index (χ3n) is 2.88.